The van der Waals surface area contributed by atoms with Crippen molar-refractivity contribution < 1.29 is 9.59 Å². The maximum Gasteiger partial charge on any atom is 0.234 e. The molecule has 2 aromatic carbocycles. The van der Waals surface area contributed by atoms with E-state index < -0.39 is 11.6 Å². The van der Waals surface area contributed by atoms with Crippen molar-refractivity contribution in [1.29, 1.82) is 0 Å². The van der Waals surface area contributed by atoms with Gasteiger partial charge < -0.3 is 0 Å². The van der Waals surface area contributed by atoms with Crippen LogP contribution in [-0.4, -0.2) is 11.6 Å². The zero-order chi connectivity index (χ0) is 31.6. The minimum atomic E-state index is -0.394. The Kier molecular flexibility index (Phi) is 8.71. The van der Waals surface area contributed by atoms with Crippen molar-refractivity contribution >= 4 is 11.6 Å². The first-order valence-electron chi connectivity index (χ1n) is 15.0. The molecule has 40 heavy (non-hydrogen) atoms. The van der Waals surface area contributed by atoms with Crippen LogP contribution in [0.2, 0.25) is 0 Å². The van der Waals surface area contributed by atoms with Gasteiger partial charge >= 0.3 is 0 Å². The summed E-state index contributed by atoms with van der Waals surface area (Å²) < 4.78 is 0. The fraction of sp³-hybridized carbons (Fsp3) is 0.632. The van der Waals surface area contributed by atoms with E-state index in [0.717, 1.165) is 22.3 Å². The van der Waals surface area contributed by atoms with Gasteiger partial charge in [0.25, 0.3) is 0 Å². The van der Waals surface area contributed by atoms with Crippen LogP contribution in [0.3, 0.4) is 0 Å². The Balaban J connectivity index is 3.12. The van der Waals surface area contributed by atoms with Gasteiger partial charge in [-0.05, 0) is 65.9 Å². The quantitative estimate of drug-likeness (QED) is 0.283. The molecule has 222 valence electrons. The number of hydrogen-bond donors (Lipinski definition) is 0. The van der Waals surface area contributed by atoms with Crippen molar-refractivity contribution in [3.63, 3.8) is 0 Å². The minimum absolute atomic E-state index is 0.0901. The molecule has 0 amide bonds. The van der Waals surface area contributed by atoms with Gasteiger partial charge in [-0.25, -0.2) is 0 Å². The van der Waals surface area contributed by atoms with Gasteiger partial charge in [-0.1, -0.05) is 149 Å². The third-order valence-corrected chi connectivity index (χ3v) is 7.90. The third kappa shape index (κ3) is 7.15. The second kappa shape index (κ2) is 10.2. The van der Waals surface area contributed by atoms with Gasteiger partial charge in [0.1, 0.15) is 0 Å². The molecule has 2 heteroatoms. The van der Waals surface area contributed by atoms with E-state index in [1.807, 2.05) is 0 Å². The van der Waals surface area contributed by atoms with Crippen molar-refractivity contribution in [3.8, 4) is 0 Å². The van der Waals surface area contributed by atoms with Crippen molar-refractivity contribution in [2.45, 2.75) is 157 Å². The largest absolute Gasteiger partial charge is 0.285 e. The van der Waals surface area contributed by atoms with E-state index in [4.69, 9.17) is 0 Å². The first-order valence-corrected chi connectivity index (χ1v) is 15.0. The van der Waals surface area contributed by atoms with Crippen molar-refractivity contribution in [2.75, 3.05) is 0 Å². The molecule has 2 rings (SSSR count). The molecule has 0 fully saturated rings. The zero-order valence-corrected chi connectivity index (χ0v) is 29.1. The zero-order valence-electron chi connectivity index (χ0n) is 29.1. The first-order chi connectivity index (χ1) is 17.5. The van der Waals surface area contributed by atoms with Gasteiger partial charge in [0.2, 0.25) is 11.6 Å². The van der Waals surface area contributed by atoms with Crippen LogP contribution in [0.5, 0.6) is 0 Å². The van der Waals surface area contributed by atoms with E-state index in [2.05, 4.69) is 149 Å². The predicted molar refractivity (Wildman–Crippen MR) is 174 cm³/mol. The summed E-state index contributed by atoms with van der Waals surface area (Å²) in [5.41, 5.74) is 5.88. The molecular formula is C38H58O2. The molecule has 2 nitrogen and oxygen atoms in total. The Hall–Kier alpha value is -2.22. The van der Waals surface area contributed by atoms with Crippen LogP contribution < -0.4 is 0 Å². The lowest BCUT2D eigenvalue weighted by Crippen LogP contribution is -2.32. The average Bonchev–Trinajstić information content (AvgIpc) is 2.72. The minimum Gasteiger partial charge on any atom is -0.285 e. The van der Waals surface area contributed by atoms with Crippen LogP contribution in [0.4, 0.5) is 0 Å². The van der Waals surface area contributed by atoms with Crippen LogP contribution in [0, 0.1) is 0 Å². The van der Waals surface area contributed by atoms with Crippen LogP contribution in [-0.2, 0) is 32.5 Å². The maximum atomic E-state index is 14.7. The third-order valence-electron chi connectivity index (χ3n) is 7.90. The van der Waals surface area contributed by atoms with Crippen LogP contribution in [0.1, 0.15) is 179 Å². The topological polar surface area (TPSA) is 34.1 Å². The molecule has 0 aliphatic carbocycles. The van der Waals surface area contributed by atoms with E-state index in [0.29, 0.717) is 11.1 Å². The number of hydrogen-bond acceptors (Lipinski definition) is 2. The molecular weight excluding hydrogens is 488 g/mol. The summed E-state index contributed by atoms with van der Waals surface area (Å²) in [4.78, 5) is 29.5. The second-order valence-corrected chi connectivity index (χ2v) is 18.1. The van der Waals surface area contributed by atoms with E-state index in [-0.39, 0.29) is 32.5 Å². The smallest absolute Gasteiger partial charge is 0.234 e. The highest BCUT2D eigenvalue weighted by Crippen LogP contribution is 2.42. The summed E-state index contributed by atoms with van der Waals surface area (Å²) in [5.74, 6) is -0.787. The van der Waals surface area contributed by atoms with Gasteiger partial charge in [0, 0.05) is 11.1 Å². The van der Waals surface area contributed by atoms with E-state index in [1.54, 1.807) is 0 Å². The number of carbonyl (C=O) groups excluding carboxylic acids is 2. The summed E-state index contributed by atoms with van der Waals surface area (Å²) in [7, 11) is 0. The molecule has 0 aromatic heterocycles. The fourth-order valence-electron chi connectivity index (χ4n) is 5.23. The van der Waals surface area contributed by atoms with Crippen molar-refractivity contribution in [2.24, 2.45) is 0 Å². The number of benzene rings is 2. The Morgan fingerprint density at radius 1 is 0.350 bits per heavy atom. The molecule has 0 saturated carbocycles. The highest BCUT2D eigenvalue weighted by molar-refractivity contribution is 6.50. The van der Waals surface area contributed by atoms with Crippen molar-refractivity contribution in [3.05, 3.63) is 68.8 Å². The van der Waals surface area contributed by atoms with Gasteiger partial charge in [0.05, 0.1) is 0 Å². The standard InChI is InChI=1S/C38H58O2/c1-33(2,3)23-19-25(35(7,8)9)29(26(20-23)36(10,11)12)31(39)32(40)30-27(37(13,14)15)21-24(34(4,5)6)22-28(30)38(16,17)18/h19-22H,1-18H3. The molecule has 0 aliphatic rings. The highest BCUT2D eigenvalue weighted by atomic mass is 16.2. The van der Waals surface area contributed by atoms with Crippen LogP contribution >= 0.6 is 0 Å². The molecule has 0 radical (unpaired) electrons. The number of rotatable bonds is 3. The van der Waals surface area contributed by atoms with E-state index in [9.17, 15) is 9.59 Å². The molecule has 2 aromatic rings. The lowest BCUT2D eigenvalue weighted by atomic mass is 9.68. The van der Waals surface area contributed by atoms with Gasteiger partial charge in [-0.3, -0.25) is 9.59 Å². The van der Waals surface area contributed by atoms with E-state index >= 15 is 0 Å². The number of Topliss-reactive ketones (excluding diaryl/α,β-unsaturated/α-hetero) is 2. The Morgan fingerprint density at radius 3 is 0.650 bits per heavy atom. The first kappa shape index (κ1) is 34.0. The summed E-state index contributed by atoms with van der Waals surface area (Å²) >= 11 is 0. The summed E-state index contributed by atoms with van der Waals surface area (Å²) in [6.07, 6.45) is 0. The molecule has 0 bridgehead atoms. The van der Waals surface area contributed by atoms with E-state index in [1.165, 1.54) is 11.1 Å². The summed E-state index contributed by atoms with van der Waals surface area (Å²) in [6, 6.07) is 8.70. The van der Waals surface area contributed by atoms with Gasteiger partial charge in [0.15, 0.2) is 0 Å². The monoisotopic (exact) mass is 546 g/mol. The summed E-state index contributed by atoms with van der Waals surface area (Å²) in [6.45, 7) is 38.9. The molecule has 0 N–H and O–H groups in total. The summed E-state index contributed by atoms with van der Waals surface area (Å²) in [5, 5.41) is 0. The van der Waals surface area contributed by atoms with Gasteiger partial charge in [-0.15, -0.1) is 0 Å². The Bertz CT molecular complexity index is 1120. The normalized spacial score (nSPS) is 13.9. The number of ketones is 2. The van der Waals surface area contributed by atoms with Crippen LogP contribution in [0.15, 0.2) is 24.3 Å². The van der Waals surface area contributed by atoms with Gasteiger partial charge in [-0.2, -0.15) is 0 Å². The Morgan fingerprint density at radius 2 is 0.525 bits per heavy atom. The average molecular weight is 547 g/mol. The van der Waals surface area contributed by atoms with Crippen molar-refractivity contribution in [1.82, 2.24) is 0 Å². The molecule has 0 heterocycles. The highest BCUT2D eigenvalue weighted by Gasteiger charge is 2.38. The Labute approximate surface area is 246 Å². The van der Waals surface area contributed by atoms with Crippen LogP contribution in [0.25, 0.3) is 0 Å². The molecule has 0 spiro atoms. The molecule has 0 atom stereocenters. The fourth-order valence-corrected chi connectivity index (χ4v) is 5.23. The SMILES string of the molecule is CC(C)(C)c1cc(C(C)(C)C)c(C(=O)C(=O)c2c(C(C)(C)C)cc(C(C)(C)C)cc2C(C)(C)C)c(C(C)(C)C)c1. The molecule has 0 saturated heterocycles. The lowest BCUT2D eigenvalue weighted by Gasteiger charge is -2.34. The number of carbonyl (C=O) groups is 2. The molecule has 0 aliphatic heterocycles. The second-order valence-electron chi connectivity index (χ2n) is 18.1. The predicted octanol–water partition coefficient (Wildman–Crippen LogP) is 10.5. The lowest BCUT2D eigenvalue weighted by molar-refractivity contribution is 0.0812. The molecule has 0 unspecified atom stereocenters. The maximum absolute atomic E-state index is 14.7.